The van der Waals surface area contributed by atoms with E-state index in [1.54, 1.807) is 18.2 Å². The molecule has 0 spiro atoms. The second-order valence-corrected chi connectivity index (χ2v) is 7.76. The van der Waals surface area contributed by atoms with E-state index in [2.05, 4.69) is 10.6 Å². The predicted molar refractivity (Wildman–Crippen MR) is 88.7 cm³/mol. The zero-order valence-electron chi connectivity index (χ0n) is 14.0. The fourth-order valence-electron chi connectivity index (χ4n) is 2.55. The van der Waals surface area contributed by atoms with Gasteiger partial charge in [0.25, 0.3) is 0 Å². The highest BCUT2D eigenvalue weighted by molar-refractivity contribution is 7.89. The van der Waals surface area contributed by atoms with Gasteiger partial charge in [-0.3, -0.25) is 4.79 Å². The summed E-state index contributed by atoms with van der Waals surface area (Å²) < 4.78 is 58.3. The number of nitrogens with one attached hydrogen (secondary N) is 2. The van der Waals surface area contributed by atoms with E-state index >= 15 is 0 Å². The Labute approximate surface area is 153 Å². The lowest BCUT2D eigenvalue weighted by atomic mass is 10.0. The maximum absolute atomic E-state index is 12.5. The summed E-state index contributed by atoms with van der Waals surface area (Å²) in [5.74, 6) is -2.78. The smallest absolute Gasteiger partial charge is 0.475 e. The topological polar surface area (TPSA) is 116 Å². The molecule has 0 saturated carbocycles. The van der Waals surface area contributed by atoms with Crippen LogP contribution in [0.25, 0.3) is 0 Å². The molecule has 2 aliphatic rings. The van der Waals surface area contributed by atoms with Crippen molar-refractivity contribution in [1.29, 1.82) is 0 Å². The molecule has 1 aromatic carbocycles. The maximum Gasteiger partial charge on any atom is 0.490 e. The minimum Gasteiger partial charge on any atom is -0.475 e. The van der Waals surface area contributed by atoms with Crippen LogP contribution < -0.4 is 10.6 Å². The van der Waals surface area contributed by atoms with E-state index in [1.165, 1.54) is 4.31 Å². The highest BCUT2D eigenvalue weighted by Crippen LogP contribution is 2.27. The van der Waals surface area contributed by atoms with E-state index in [0.717, 1.165) is 11.3 Å². The number of carboxylic acid groups (broad SMARTS) is 1. The molecule has 12 heteroatoms. The second-order valence-electron chi connectivity index (χ2n) is 5.82. The standard InChI is InChI=1S/C13H17N3O3S.C2HF3O2/c17-13-4-1-10-9-11(2-3-12(10)15-13)20(18,19)16-7-5-14-6-8-16;3-2(4,5)1(6)7/h2-3,9,14H,1,4-8H2,(H,15,17);(H,6,7). The van der Waals surface area contributed by atoms with Crippen molar-refractivity contribution < 1.29 is 36.3 Å². The van der Waals surface area contributed by atoms with Crippen LogP contribution in [0.1, 0.15) is 12.0 Å². The van der Waals surface area contributed by atoms with Gasteiger partial charge in [0.05, 0.1) is 4.90 Å². The number of anilines is 1. The largest absolute Gasteiger partial charge is 0.490 e. The third-order valence-corrected chi connectivity index (χ3v) is 5.82. The third-order valence-electron chi connectivity index (χ3n) is 3.93. The number of halogens is 3. The number of amides is 1. The van der Waals surface area contributed by atoms with Gasteiger partial charge < -0.3 is 15.7 Å². The fourth-order valence-corrected chi connectivity index (χ4v) is 4.05. The van der Waals surface area contributed by atoms with Crippen molar-refractivity contribution in [1.82, 2.24) is 9.62 Å². The molecule has 2 heterocycles. The lowest BCUT2D eigenvalue weighted by Gasteiger charge is -2.27. The molecule has 150 valence electrons. The van der Waals surface area contributed by atoms with Crippen LogP contribution in [0, 0.1) is 0 Å². The van der Waals surface area contributed by atoms with Crippen LogP contribution in [-0.4, -0.2) is 62.1 Å². The summed E-state index contributed by atoms with van der Waals surface area (Å²) >= 11 is 0. The Kier molecular flexibility index (Phi) is 6.44. The summed E-state index contributed by atoms with van der Waals surface area (Å²) in [6.07, 6.45) is -4.09. The second kappa shape index (κ2) is 8.23. The maximum atomic E-state index is 12.5. The van der Waals surface area contributed by atoms with Crippen LogP contribution in [0.4, 0.5) is 18.9 Å². The van der Waals surface area contributed by atoms with Gasteiger partial charge in [0.15, 0.2) is 0 Å². The zero-order chi connectivity index (χ0) is 20.2. The Morgan fingerprint density at radius 3 is 2.30 bits per heavy atom. The van der Waals surface area contributed by atoms with Crippen LogP contribution in [0.5, 0.6) is 0 Å². The monoisotopic (exact) mass is 409 g/mol. The van der Waals surface area contributed by atoms with Crippen LogP contribution in [-0.2, 0) is 26.0 Å². The first-order valence-corrected chi connectivity index (χ1v) is 9.39. The number of carbonyl (C=O) groups excluding carboxylic acids is 1. The summed E-state index contributed by atoms with van der Waals surface area (Å²) in [5, 5.41) is 13.0. The molecule has 1 fully saturated rings. The quantitative estimate of drug-likeness (QED) is 0.666. The molecule has 0 aromatic heterocycles. The first kappa shape index (κ1) is 21.1. The van der Waals surface area contributed by atoms with Crippen LogP contribution in [0.3, 0.4) is 0 Å². The SMILES string of the molecule is O=C(O)C(F)(F)F.O=C1CCc2cc(S(=O)(=O)N3CCNCC3)ccc2N1. The van der Waals surface area contributed by atoms with Gasteiger partial charge in [-0.05, 0) is 30.2 Å². The van der Waals surface area contributed by atoms with E-state index < -0.39 is 22.2 Å². The molecule has 1 saturated heterocycles. The Balaban J connectivity index is 0.000000321. The number of fused-ring (bicyclic) bond motifs is 1. The molecule has 0 aliphatic carbocycles. The number of carbonyl (C=O) groups is 2. The number of carboxylic acids is 1. The Morgan fingerprint density at radius 2 is 1.74 bits per heavy atom. The van der Waals surface area contributed by atoms with Crippen molar-refractivity contribution in [3.05, 3.63) is 23.8 Å². The van der Waals surface area contributed by atoms with Gasteiger partial charge in [0.2, 0.25) is 15.9 Å². The number of hydrogen-bond acceptors (Lipinski definition) is 5. The van der Waals surface area contributed by atoms with Gasteiger partial charge in [-0.15, -0.1) is 0 Å². The van der Waals surface area contributed by atoms with E-state index in [1.807, 2.05) is 0 Å². The summed E-state index contributed by atoms with van der Waals surface area (Å²) in [5.41, 5.74) is 1.61. The number of alkyl halides is 3. The lowest BCUT2D eigenvalue weighted by Crippen LogP contribution is -2.46. The molecule has 2 aliphatic heterocycles. The number of aryl methyl sites for hydroxylation is 1. The number of benzene rings is 1. The minimum atomic E-state index is -5.08. The molecule has 3 rings (SSSR count). The number of piperazine rings is 1. The minimum absolute atomic E-state index is 0.0183. The predicted octanol–water partition coefficient (Wildman–Crippen LogP) is 0.798. The molecule has 8 nitrogen and oxygen atoms in total. The van der Waals surface area contributed by atoms with Crippen molar-refractivity contribution in [3.63, 3.8) is 0 Å². The number of sulfonamides is 1. The Hall–Kier alpha value is -2.18. The molecular formula is C15H18F3N3O5S. The van der Waals surface area contributed by atoms with E-state index in [-0.39, 0.29) is 5.91 Å². The van der Waals surface area contributed by atoms with Crippen LogP contribution in [0.2, 0.25) is 0 Å². The first-order valence-electron chi connectivity index (χ1n) is 7.95. The number of rotatable bonds is 2. The normalized spacial score (nSPS) is 18.0. The zero-order valence-corrected chi connectivity index (χ0v) is 14.9. The van der Waals surface area contributed by atoms with E-state index in [0.29, 0.717) is 43.9 Å². The van der Waals surface area contributed by atoms with Gasteiger partial charge >= 0.3 is 12.1 Å². The molecule has 1 amide bonds. The number of nitrogens with zero attached hydrogens (tertiary/aromatic N) is 1. The van der Waals surface area contributed by atoms with Gasteiger partial charge in [0, 0.05) is 38.3 Å². The van der Waals surface area contributed by atoms with Crippen LogP contribution >= 0.6 is 0 Å². The average Bonchev–Trinajstić information content (AvgIpc) is 2.61. The summed E-state index contributed by atoms with van der Waals surface area (Å²) in [6, 6.07) is 4.94. The molecular weight excluding hydrogens is 391 g/mol. The summed E-state index contributed by atoms with van der Waals surface area (Å²) in [4.78, 5) is 20.5. The summed E-state index contributed by atoms with van der Waals surface area (Å²) in [7, 11) is -3.43. The average molecular weight is 409 g/mol. The molecule has 27 heavy (non-hydrogen) atoms. The highest BCUT2D eigenvalue weighted by atomic mass is 32.2. The number of aliphatic carboxylic acids is 1. The van der Waals surface area contributed by atoms with Crippen molar-refractivity contribution in [3.8, 4) is 0 Å². The molecule has 0 unspecified atom stereocenters. The van der Waals surface area contributed by atoms with E-state index in [4.69, 9.17) is 9.90 Å². The Morgan fingerprint density at radius 1 is 1.15 bits per heavy atom. The summed E-state index contributed by atoms with van der Waals surface area (Å²) in [6.45, 7) is 2.35. The van der Waals surface area contributed by atoms with Gasteiger partial charge in [-0.1, -0.05) is 0 Å². The highest BCUT2D eigenvalue weighted by Gasteiger charge is 2.38. The lowest BCUT2D eigenvalue weighted by molar-refractivity contribution is -0.192. The van der Waals surface area contributed by atoms with Gasteiger partial charge in [-0.2, -0.15) is 17.5 Å². The first-order chi connectivity index (χ1) is 12.5. The third kappa shape index (κ3) is 5.40. The molecule has 0 atom stereocenters. The molecule has 3 N–H and O–H groups in total. The number of hydrogen-bond donors (Lipinski definition) is 3. The van der Waals surface area contributed by atoms with Crippen molar-refractivity contribution in [2.75, 3.05) is 31.5 Å². The van der Waals surface area contributed by atoms with Crippen molar-refractivity contribution in [2.45, 2.75) is 23.9 Å². The molecule has 0 radical (unpaired) electrons. The van der Waals surface area contributed by atoms with Gasteiger partial charge in [-0.25, -0.2) is 13.2 Å². The molecule has 1 aromatic rings. The van der Waals surface area contributed by atoms with Crippen molar-refractivity contribution in [2.24, 2.45) is 0 Å². The van der Waals surface area contributed by atoms with Gasteiger partial charge in [0.1, 0.15) is 0 Å². The Bertz CT molecular complexity index is 820. The van der Waals surface area contributed by atoms with Crippen molar-refractivity contribution >= 4 is 27.6 Å². The van der Waals surface area contributed by atoms with E-state index in [9.17, 15) is 26.4 Å². The fraction of sp³-hybridized carbons (Fsp3) is 0.467. The van der Waals surface area contributed by atoms with Crippen LogP contribution in [0.15, 0.2) is 23.1 Å². The molecule has 0 bridgehead atoms.